The Bertz CT molecular complexity index is 312. The quantitative estimate of drug-likeness (QED) is 0.189. The van der Waals surface area contributed by atoms with Gasteiger partial charge in [-0.3, -0.25) is 4.99 Å². The third kappa shape index (κ3) is 12.9. The van der Waals surface area contributed by atoms with Gasteiger partial charge in [0.05, 0.1) is 19.3 Å². The molecule has 0 radical (unpaired) electrons. The molecule has 0 spiro atoms. The maximum Gasteiger partial charge on any atom is 0.191 e. The third-order valence-corrected chi connectivity index (χ3v) is 3.79. The minimum atomic E-state index is -0.524. The Labute approximate surface area is 159 Å². The number of ether oxygens (including phenoxy) is 1. The van der Waals surface area contributed by atoms with Crippen molar-refractivity contribution in [2.24, 2.45) is 10.9 Å². The Morgan fingerprint density at radius 2 is 2.04 bits per heavy atom. The van der Waals surface area contributed by atoms with Gasteiger partial charge >= 0.3 is 0 Å². The molecule has 1 fully saturated rings. The van der Waals surface area contributed by atoms with Crippen molar-refractivity contribution >= 4 is 29.9 Å². The first-order chi connectivity index (χ1) is 10.7. The predicted molar refractivity (Wildman–Crippen MR) is 108 cm³/mol. The summed E-state index contributed by atoms with van der Waals surface area (Å²) in [7, 11) is 0. The van der Waals surface area contributed by atoms with Crippen molar-refractivity contribution < 1.29 is 9.84 Å². The summed E-state index contributed by atoms with van der Waals surface area (Å²) in [6.07, 6.45) is 6.93. The summed E-state index contributed by atoms with van der Waals surface area (Å²) in [5.74, 6) is 1.52. The number of nitrogens with one attached hydrogen (secondary N) is 2. The van der Waals surface area contributed by atoms with Crippen LogP contribution in [-0.4, -0.2) is 49.5 Å². The molecule has 1 rings (SSSR count). The highest BCUT2D eigenvalue weighted by atomic mass is 127. The summed E-state index contributed by atoms with van der Waals surface area (Å²) >= 11 is 0. The average molecular weight is 441 g/mol. The molecule has 3 N–H and O–H groups in total. The van der Waals surface area contributed by atoms with Gasteiger partial charge < -0.3 is 20.5 Å². The molecule has 138 valence electrons. The third-order valence-electron chi connectivity index (χ3n) is 3.79. The SMILES string of the molecule is CCCCCC(C)NC(=NCC(O)COCC1CC1)NCC.I. The van der Waals surface area contributed by atoms with E-state index in [1.165, 1.54) is 32.1 Å². The number of aliphatic imine (C=N–C) groups is 1. The van der Waals surface area contributed by atoms with Gasteiger partial charge in [0.25, 0.3) is 0 Å². The first-order valence-electron chi connectivity index (χ1n) is 8.96. The molecular weight excluding hydrogens is 405 g/mol. The maximum atomic E-state index is 9.92. The van der Waals surface area contributed by atoms with Crippen LogP contribution in [0.15, 0.2) is 4.99 Å². The molecule has 0 saturated heterocycles. The van der Waals surface area contributed by atoms with E-state index in [0.29, 0.717) is 19.2 Å². The monoisotopic (exact) mass is 441 g/mol. The lowest BCUT2D eigenvalue weighted by Crippen LogP contribution is -2.42. The molecule has 23 heavy (non-hydrogen) atoms. The number of unbranched alkanes of at least 4 members (excludes halogenated alkanes) is 2. The van der Waals surface area contributed by atoms with Crippen molar-refractivity contribution in [3.05, 3.63) is 0 Å². The Hall–Kier alpha value is -0.0800. The van der Waals surface area contributed by atoms with E-state index >= 15 is 0 Å². The molecule has 1 aliphatic rings. The van der Waals surface area contributed by atoms with Gasteiger partial charge in [0.2, 0.25) is 0 Å². The number of aliphatic hydroxyl groups is 1. The van der Waals surface area contributed by atoms with Crippen molar-refractivity contribution in [1.29, 1.82) is 0 Å². The molecular formula is C17H36IN3O2. The van der Waals surface area contributed by atoms with Crippen LogP contribution >= 0.6 is 24.0 Å². The van der Waals surface area contributed by atoms with E-state index < -0.39 is 6.10 Å². The predicted octanol–water partition coefficient (Wildman–Crippen LogP) is 2.92. The zero-order chi connectivity index (χ0) is 16.2. The van der Waals surface area contributed by atoms with Crippen LogP contribution in [0.25, 0.3) is 0 Å². The highest BCUT2D eigenvalue weighted by Crippen LogP contribution is 2.28. The first kappa shape index (κ1) is 22.9. The Kier molecular flexibility index (Phi) is 14.2. The van der Waals surface area contributed by atoms with Gasteiger partial charge in [-0.1, -0.05) is 26.2 Å². The maximum absolute atomic E-state index is 9.92. The number of nitrogens with zero attached hydrogens (tertiary/aromatic N) is 1. The molecule has 1 saturated carbocycles. The summed E-state index contributed by atoms with van der Waals surface area (Å²) in [6, 6.07) is 0.396. The number of hydrogen-bond donors (Lipinski definition) is 3. The molecule has 0 bridgehead atoms. The van der Waals surface area contributed by atoms with Crippen molar-refractivity contribution in [3.63, 3.8) is 0 Å². The average Bonchev–Trinajstić information content (AvgIpc) is 3.29. The van der Waals surface area contributed by atoms with Gasteiger partial charge in [-0.15, -0.1) is 24.0 Å². The number of hydrogen-bond acceptors (Lipinski definition) is 3. The summed E-state index contributed by atoms with van der Waals surface area (Å²) < 4.78 is 5.50. The molecule has 0 heterocycles. The number of aliphatic hydroxyl groups excluding tert-OH is 1. The normalized spacial score (nSPS) is 17.3. The zero-order valence-corrected chi connectivity index (χ0v) is 17.3. The number of rotatable bonds is 12. The van der Waals surface area contributed by atoms with Gasteiger partial charge in [-0.2, -0.15) is 0 Å². The highest BCUT2D eigenvalue weighted by Gasteiger charge is 2.21. The summed E-state index contributed by atoms with van der Waals surface area (Å²) in [5, 5.41) is 16.6. The van der Waals surface area contributed by atoms with E-state index in [4.69, 9.17) is 4.74 Å². The molecule has 0 amide bonds. The fraction of sp³-hybridized carbons (Fsp3) is 0.941. The Morgan fingerprint density at radius 3 is 2.65 bits per heavy atom. The van der Waals surface area contributed by atoms with Gasteiger partial charge in [0, 0.05) is 19.2 Å². The van der Waals surface area contributed by atoms with E-state index in [1.807, 2.05) is 6.92 Å². The fourth-order valence-electron chi connectivity index (χ4n) is 2.23. The summed E-state index contributed by atoms with van der Waals surface area (Å²) in [4.78, 5) is 4.46. The van der Waals surface area contributed by atoms with Crippen molar-refractivity contribution in [2.45, 2.75) is 71.4 Å². The molecule has 2 unspecified atom stereocenters. The molecule has 2 atom stereocenters. The molecule has 0 aromatic carbocycles. The highest BCUT2D eigenvalue weighted by molar-refractivity contribution is 14.0. The number of guanidine groups is 1. The van der Waals surface area contributed by atoms with Crippen LogP contribution < -0.4 is 10.6 Å². The topological polar surface area (TPSA) is 65.9 Å². The van der Waals surface area contributed by atoms with Gasteiger partial charge in [0.15, 0.2) is 5.96 Å². The molecule has 6 heteroatoms. The lowest BCUT2D eigenvalue weighted by atomic mass is 10.1. The van der Waals surface area contributed by atoms with E-state index in [2.05, 4.69) is 29.5 Å². The smallest absolute Gasteiger partial charge is 0.191 e. The van der Waals surface area contributed by atoms with Crippen molar-refractivity contribution in [3.8, 4) is 0 Å². The minimum absolute atomic E-state index is 0. The lowest BCUT2D eigenvalue weighted by molar-refractivity contribution is 0.0368. The van der Waals surface area contributed by atoms with Crippen LogP contribution in [0, 0.1) is 5.92 Å². The molecule has 1 aliphatic carbocycles. The van der Waals surface area contributed by atoms with Crippen molar-refractivity contribution in [2.75, 3.05) is 26.3 Å². The van der Waals surface area contributed by atoms with Crippen LogP contribution in [0.2, 0.25) is 0 Å². The largest absolute Gasteiger partial charge is 0.389 e. The van der Waals surface area contributed by atoms with Gasteiger partial charge in [-0.25, -0.2) is 0 Å². The van der Waals surface area contributed by atoms with E-state index in [-0.39, 0.29) is 24.0 Å². The summed E-state index contributed by atoms with van der Waals surface area (Å²) in [5.41, 5.74) is 0. The molecule has 0 aliphatic heterocycles. The minimum Gasteiger partial charge on any atom is -0.389 e. The second-order valence-electron chi connectivity index (χ2n) is 6.40. The van der Waals surface area contributed by atoms with Crippen LogP contribution in [-0.2, 0) is 4.74 Å². The zero-order valence-electron chi connectivity index (χ0n) is 15.0. The van der Waals surface area contributed by atoms with E-state index in [0.717, 1.165) is 31.4 Å². The molecule has 5 nitrogen and oxygen atoms in total. The van der Waals surface area contributed by atoms with Crippen LogP contribution in [0.3, 0.4) is 0 Å². The van der Waals surface area contributed by atoms with E-state index in [1.54, 1.807) is 0 Å². The van der Waals surface area contributed by atoms with E-state index in [9.17, 15) is 5.11 Å². The Balaban J connectivity index is 0.00000484. The van der Waals surface area contributed by atoms with Crippen LogP contribution in [0.5, 0.6) is 0 Å². The number of halogens is 1. The summed E-state index contributed by atoms with van der Waals surface area (Å²) in [6.45, 7) is 8.81. The van der Waals surface area contributed by atoms with Gasteiger partial charge in [0.1, 0.15) is 0 Å². The second kappa shape index (κ2) is 14.3. The molecule has 0 aromatic heterocycles. The standard InChI is InChI=1S/C17H35N3O2.HI/c1-4-6-7-8-14(3)20-17(18-5-2)19-11-16(21)13-22-12-15-9-10-15;/h14-16,21H,4-13H2,1-3H3,(H2,18,19,20);1H. The van der Waals surface area contributed by atoms with Crippen LogP contribution in [0.4, 0.5) is 0 Å². The van der Waals surface area contributed by atoms with Crippen molar-refractivity contribution in [1.82, 2.24) is 10.6 Å². The van der Waals surface area contributed by atoms with Gasteiger partial charge in [-0.05, 0) is 39.0 Å². The first-order valence-corrected chi connectivity index (χ1v) is 8.96. The molecule has 0 aromatic rings. The lowest BCUT2D eigenvalue weighted by Gasteiger charge is -2.18. The van der Waals surface area contributed by atoms with Crippen LogP contribution in [0.1, 0.15) is 59.3 Å². The fourth-order valence-corrected chi connectivity index (χ4v) is 2.23. The Morgan fingerprint density at radius 1 is 1.30 bits per heavy atom. The second-order valence-corrected chi connectivity index (χ2v) is 6.40.